The van der Waals surface area contributed by atoms with Gasteiger partial charge in [0.1, 0.15) is 0 Å². The van der Waals surface area contributed by atoms with E-state index in [4.69, 9.17) is 17.0 Å². The van der Waals surface area contributed by atoms with Crippen molar-refractivity contribution in [3.63, 3.8) is 0 Å². The van der Waals surface area contributed by atoms with E-state index in [0.717, 1.165) is 24.8 Å². The first-order chi connectivity index (χ1) is 11.5. The van der Waals surface area contributed by atoms with Crippen molar-refractivity contribution in [2.24, 2.45) is 0 Å². The van der Waals surface area contributed by atoms with Crippen molar-refractivity contribution in [2.45, 2.75) is 33.1 Å². The van der Waals surface area contributed by atoms with Gasteiger partial charge < -0.3 is 14.8 Å². The Balaban J connectivity index is 2.92. The number of aryl methyl sites for hydroxylation is 1. The van der Waals surface area contributed by atoms with Gasteiger partial charge in [-0.2, -0.15) is 0 Å². The fourth-order valence-electron chi connectivity index (χ4n) is 1.91. The van der Waals surface area contributed by atoms with Crippen LogP contribution in [0.15, 0.2) is 18.2 Å². The second-order valence-electron chi connectivity index (χ2n) is 4.90. The van der Waals surface area contributed by atoms with Crippen LogP contribution in [0, 0.1) is 0 Å². The first kappa shape index (κ1) is 19.7. The molecule has 0 radical (unpaired) electrons. The normalized spacial score (nSPS) is 9.79. The molecule has 0 bridgehead atoms. The molecule has 7 nitrogen and oxygen atoms in total. The molecule has 1 rings (SSSR count). The number of amides is 2. The van der Waals surface area contributed by atoms with Crippen molar-refractivity contribution in [1.82, 2.24) is 5.32 Å². The predicted molar refractivity (Wildman–Crippen MR) is 97.5 cm³/mol. The largest absolute Gasteiger partial charge is 0.453 e. The quantitative estimate of drug-likeness (QED) is 0.677. The van der Waals surface area contributed by atoms with Crippen LogP contribution in [0.2, 0.25) is 0 Å². The zero-order valence-corrected chi connectivity index (χ0v) is 14.9. The van der Waals surface area contributed by atoms with E-state index in [2.05, 4.69) is 27.6 Å². The molecular formula is C16H23N3O4S. The first-order valence-corrected chi connectivity index (χ1v) is 8.13. The second-order valence-corrected chi connectivity index (χ2v) is 5.31. The van der Waals surface area contributed by atoms with Gasteiger partial charge in [0.25, 0.3) is 0 Å². The third-order valence-electron chi connectivity index (χ3n) is 3.06. The van der Waals surface area contributed by atoms with Crippen LogP contribution in [0.4, 0.5) is 21.0 Å². The van der Waals surface area contributed by atoms with Crippen molar-refractivity contribution >= 4 is 40.9 Å². The summed E-state index contributed by atoms with van der Waals surface area (Å²) < 4.78 is 9.39. The minimum Gasteiger partial charge on any atom is -0.453 e. The standard InChI is InChI=1S/C16H23N3O4S/c1-4-6-7-11-8-9-12(17-14(24)19-15(20)22-3)13(10-11)18-16(21)23-5-2/h8-10H,4-7H2,1-3H3,(H,18,21)(H2,17,19,20,24). The van der Waals surface area contributed by atoms with Crippen LogP contribution in [-0.2, 0) is 15.9 Å². The third kappa shape index (κ3) is 6.82. The number of anilines is 2. The number of carbonyl (C=O) groups is 2. The number of thiocarbonyl (C=S) groups is 1. The van der Waals surface area contributed by atoms with E-state index < -0.39 is 12.2 Å². The summed E-state index contributed by atoms with van der Waals surface area (Å²) >= 11 is 5.04. The van der Waals surface area contributed by atoms with E-state index in [9.17, 15) is 9.59 Å². The summed E-state index contributed by atoms with van der Waals surface area (Å²) in [6.07, 6.45) is 1.80. The van der Waals surface area contributed by atoms with Gasteiger partial charge in [0.05, 0.1) is 25.1 Å². The molecule has 8 heteroatoms. The van der Waals surface area contributed by atoms with E-state index in [0.29, 0.717) is 11.4 Å². The van der Waals surface area contributed by atoms with Crippen LogP contribution < -0.4 is 16.0 Å². The number of hydrogen-bond acceptors (Lipinski definition) is 5. The van der Waals surface area contributed by atoms with Crippen molar-refractivity contribution in [1.29, 1.82) is 0 Å². The van der Waals surface area contributed by atoms with Crippen LogP contribution in [0.3, 0.4) is 0 Å². The number of ether oxygens (including phenoxy) is 2. The lowest BCUT2D eigenvalue weighted by Crippen LogP contribution is -2.34. The van der Waals surface area contributed by atoms with E-state index in [1.54, 1.807) is 13.0 Å². The highest BCUT2D eigenvalue weighted by Gasteiger charge is 2.11. The Labute approximate surface area is 147 Å². The average molecular weight is 353 g/mol. The number of alkyl carbamates (subject to hydrolysis) is 1. The number of carbonyl (C=O) groups excluding carboxylic acids is 2. The van der Waals surface area contributed by atoms with Crippen LogP contribution in [-0.4, -0.2) is 31.0 Å². The first-order valence-electron chi connectivity index (χ1n) is 7.72. The van der Waals surface area contributed by atoms with Gasteiger partial charge in [-0.05, 0) is 49.7 Å². The molecule has 132 valence electrons. The van der Waals surface area contributed by atoms with E-state index in [1.165, 1.54) is 7.11 Å². The Morgan fingerprint density at radius 1 is 1.12 bits per heavy atom. The minimum atomic E-state index is -0.674. The van der Waals surface area contributed by atoms with Crippen LogP contribution in [0.5, 0.6) is 0 Å². The molecule has 0 aliphatic rings. The highest BCUT2D eigenvalue weighted by molar-refractivity contribution is 7.80. The molecule has 2 amide bonds. The maximum Gasteiger partial charge on any atom is 0.413 e. The summed E-state index contributed by atoms with van der Waals surface area (Å²) in [5.74, 6) is 0. The molecule has 0 aliphatic heterocycles. The summed E-state index contributed by atoms with van der Waals surface area (Å²) in [4.78, 5) is 22.9. The number of unbranched alkanes of at least 4 members (excludes halogenated alkanes) is 1. The summed E-state index contributed by atoms with van der Waals surface area (Å²) in [7, 11) is 1.24. The van der Waals surface area contributed by atoms with Crippen molar-refractivity contribution in [3.05, 3.63) is 23.8 Å². The summed E-state index contributed by atoms with van der Waals surface area (Å²) in [6.45, 7) is 4.11. The smallest absolute Gasteiger partial charge is 0.413 e. The number of hydrogen-bond donors (Lipinski definition) is 3. The lowest BCUT2D eigenvalue weighted by atomic mass is 10.1. The SMILES string of the molecule is CCCCc1ccc(NC(=S)NC(=O)OC)c(NC(=O)OCC)c1. The van der Waals surface area contributed by atoms with Gasteiger partial charge in [0, 0.05) is 0 Å². The lowest BCUT2D eigenvalue weighted by Gasteiger charge is -2.15. The fraction of sp³-hybridized carbons (Fsp3) is 0.438. The maximum absolute atomic E-state index is 11.7. The molecule has 0 fully saturated rings. The molecule has 0 aliphatic carbocycles. The molecule has 0 heterocycles. The minimum absolute atomic E-state index is 0.0649. The van der Waals surface area contributed by atoms with E-state index in [1.807, 2.05) is 12.1 Å². The number of nitrogens with one attached hydrogen (secondary N) is 3. The molecule has 0 atom stereocenters. The molecule has 0 aromatic heterocycles. The Bertz CT molecular complexity index is 593. The Kier molecular flexibility index (Phi) is 8.56. The molecule has 1 aromatic rings. The van der Waals surface area contributed by atoms with Gasteiger partial charge >= 0.3 is 12.2 Å². The predicted octanol–water partition coefficient (Wildman–Crippen LogP) is 3.65. The van der Waals surface area contributed by atoms with Crippen molar-refractivity contribution < 1.29 is 19.1 Å². The highest BCUT2D eigenvalue weighted by Crippen LogP contribution is 2.24. The third-order valence-corrected chi connectivity index (χ3v) is 3.27. The number of rotatable bonds is 6. The molecule has 24 heavy (non-hydrogen) atoms. The monoisotopic (exact) mass is 353 g/mol. The van der Waals surface area contributed by atoms with Crippen molar-refractivity contribution in [3.8, 4) is 0 Å². The molecule has 3 N–H and O–H groups in total. The van der Waals surface area contributed by atoms with Crippen LogP contribution >= 0.6 is 12.2 Å². The number of methoxy groups -OCH3 is 1. The second kappa shape index (κ2) is 10.4. The van der Waals surface area contributed by atoms with E-state index in [-0.39, 0.29) is 11.7 Å². The topological polar surface area (TPSA) is 88.7 Å². The zero-order chi connectivity index (χ0) is 17.9. The molecule has 0 saturated heterocycles. The van der Waals surface area contributed by atoms with E-state index >= 15 is 0 Å². The fourth-order valence-corrected chi connectivity index (χ4v) is 2.11. The zero-order valence-electron chi connectivity index (χ0n) is 14.1. The summed E-state index contributed by atoms with van der Waals surface area (Å²) in [5.41, 5.74) is 2.15. The van der Waals surface area contributed by atoms with Gasteiger partial charge in [0.2, 0.25) is 0 Å². The molecule has 0 saturated carbocycles. The highest BCUT2D eigenvalue weighted by atomic mass is 32.1. The lowest BCUT2D eigenvalue weighted by molar-refractivity contribution is 0.168. The Hall–Kier alpha value is -2.35. The van der Waals surface area contributed by atoms with Gasteiger partial charge in [-0.3, -0.25) is 10.6 Å². The van der Waals surface area contributed by atoms with Gasteiger partial charge in [-0.25, -0.2) is 9.59 Å². The Morgan fingerprint density at radius 3 is 2.50 bits per heavy atom. The van der Waals surface area contributed by atoms with Gasteiger partial charge in [-0.1, -0.05) is 19.4 Å². The van der Waals surface area contributed by atoms with Gasteiger partial charge in [0.15, 0.2) is 5.11 Å². The Morgan fingerprint density at radius 2 is 1.88 bits per heavy atom. The van der Waals surface area contributed by atoms with Crippen molar-refractivity contribution in [2.75, 3.05) is 24.4 Å². The molecular weight excluding hydrogens is 330 g/mol. The van der Waals surface area contributed by atoms with Crippen LogP contribution in [0.25, 0.3) is 0 Å². The average Bonchev–Trinajstić information content (AvgIpc) is 2.55. The molecule has 0 spiro atoms. The van der Waals surface area contributed by atoms with Crippen LogP contribution in [0.1, 0.15) is 32.3 Å². The summed E-state index contributed by atoms with van der Waals surface area (Å²) in [6, 6.07) is 5.59. The number of benzene rings is 1. The van der Waals surface area contributed by atoms with Gasteiger partial charge in [-0.15, -0.1) is 0 Å². The summed E-state index contributed by atoms with van der Waals surface area (Å²) in [5, 5.41) is 7.94. The molecule has 1 aromatic carbocycles. The molecule has 0 unspecified atom stereocenters. The maximum atomic E-state index is 11.7.